The second kappa shape index (κ2) is 5.34. The van der Waals surface area contributed by atoms with Crippen LogP contribution >= 0.6 is 0 Å². The second-order valence-electron chi connectivity index (χ2n) is 6.19. The van der Waals surface area contributed by atoms with Crippen molar-refractivity contribution in [2.24, 2.45) is 0 Å². The quantitative estimate of drug-likeness (QED) is 0.901. The molecule has 6 nitrogen and oxygen atoms in total. The number of rotatable bonds is 2. The zero-order valence-electron chi connectivity index (χ0n) is 12.8. The average molecular weight is 280 g/mol. The van der Waals surface area contributed by atoms with Gasteiger partial charge in [0.25, 0.3) is 0 Å². The van der Waals surface area contributed by atoms with Gasteiger partial charge in [-0.1, -0.05) is 6.92 Å². The van der Waals surface area contributed by atoms with Crippen molar-refractivity contribution in [3.8, 4) is 0 Å². The molecule has 0 radical (unpaired) electrons. The SMILES string of the molecule is CCCn1nc2c(c1N)CN(C(=O)OC(C)(C)C)CC2. The van der Waals surface area contributed by atoms with Crippen LogP contribution in [0.2, 0.25) is 0 Å². The molecule has 1 aromatic heterocycles. The Morgan fingerprint density at radius 2 is 2.15 bits per heavy atom. The van der Waals surface area contributed by atoms with Crippen molar-refractivity contribution in [1.29, 1.82) is 0 Å². The van der Waals surface area contributed by atoms with Gasteiger partial charge in [-0.3, -0.25) is 0 Å². The fourth-order valence-electron chi connectivity index (χ4n) is 2.31. The van der Waals surface area contributed by atoms with Crippen LogP contribution in [-0.4, -0.2) is 32.9 Å². The predicted molar refractivity (Wildman–Crippen MR) is 77.3 cm³/mol. The average Bonchev–Trinajstić information content (AvgIpc) is 2.65. The third-order valence-electron chi connectivity index (χ3n) is 3.23. The van der Waals surface area contributed by atoms with Gasteiger partial charge in [-0.05, 0) is 27.2 Å². The summed E-state index contributed by atoms with van der Waals surface area (Å²) in [7, 11) is 0. The summed E-state index contributed by atoms with van der Waals surface area (Å²) in [4.78, 5) is 13.8. The minimum Gasteiger partial charge on any atom is -0.444 e. The van der Waals surface area contributed by atoms with Crippen molar-refractivity contribution in [2.75, 3.05) is 12.3 Å². The number of aromatic nitrogens is 2. The van der Waals surface area contributed by atoms with E-state index in [1.165, 1.54) is 0 Å². The summed E-state index contributed by atoms with van der Waals surface area (Å²) >= 11 is 0. The van der Waals surface area contributed by atoms with Gasteiger partial charge in [-0.25, -0.2) is 9.48 Å². The van der Waals surface area contributed by atoms with Crippen molar-refractivity contribution < 1.29 is 9.53 Å². The molecule has 1 aliphatic rings. The lowest BCUT2D eigenvalue weighted by Gasteiger charge is -2.29. The van der Waals surface area contributed by atoms with E-state index in [9.17, 15) is 4.79 Å². The van der Waals surface area contributed by atoms with Gasteiger partial charge in [-0.15, -0.1) is 0 Å². The van der Waals surface area contributed by atoms with E-state index >= 15 is 0 Å². The Labute approximate surface area is 119 Å². The molecule has 6 heteroatoms. The molecule has 2 rings (SSSR count). The summed E-state index contributed by atoms with van der Waals surface area (Å²) in [6.07, 6.45) is 1.43. The van der Waals surface area contributed by atoms with Crippen molar-refractivity contribution in [3.63, 3.8) is 0 Å². The lowest BCUT2D eigenvalue weighted by Crippen LogP contribution is -2.39. The minimum atomic E-state index is -0.477. The number of fused-ring (bicyclic) bond motifs is 1. The molecule has 20 heavy (non-hydrogen) atoms. The Hall–Kier alpha value is -1.72. The van der Waals surface area contributed by atoms with E-state index < -0.39 is 5.60 Å². The first-order chi connectivity index (χ1) is 9.31. The Morgan fingerprint density at radius 3 is 2.75 bits per heavy atom. The van der Waals surface area contributed by atoms with Crippen molar-refractivity contribution in [2.45, 2.75) is 59.2 Å². The molecule has 1 aliphatic heterocycles. The molecule has 0 bridgehead atoms. The molecule has 2 heterocycles. The number of aryl methyl sites for hydroxylation is 1. The molecule has 0 unspecified atom stereocenters. The van der Waals surface area contributed by atoms with Crippen LogP contribution in [-0.2, 0) is 24.2 Å². The van der Waals surface area contributed by atoms with Crippen LogP contribution in [0.15, 0.2) is 0 Å². The van der Waals surface area contributed by atoms with Gasteiger partial charge in [0.15, 0.2) is 0 Å². The van der Waals surface area contributed by atoms with Gasteiger partial charge in [0, 0.05) is 25.1 Å². The van der Waals surface area contributed by atoms with Gasteiger partial charge in [0.2, 0.25) is 0 Å². The molecule has 0 fully saturated rings. The Balaban J connectivity index is 2.12. The summed E-state index contributed by atoms with van der Waals surface area (Å²) in [6.45, 7) is 9.62. The standard InChI is InChI=1S/C14H24N4O2/c1-5-7-18-12(15)10-9-17(8-6-11(10)16-18)13(19)20-14(2,3)4/h5-9,15H2,1-4H3. The molecule has 1 amide bonds. The second-order valence-corrected chi connectivity index (χ2v) is 6.19. The number of carbonyl (C=O) groups excluding carboxylic acids is 1. The minimum absolute atomic E-state index is 0.286. The van der Waals surface area contributed by atoms with Crippen molar-refractivity contribution >= 4 is 11.9 Å². The number of anilines is 1. The topological polar surface area (TPSA) is 73.4 Å². The highest BCUT2D eigenvalue weighted by molar-refractivity contribution is 5.69. The molecular formula is C14H24N4O2. The highest BCUT2D eigenvalue weighted by atomic mass is 16.6. The number of nitrogens with zero attached hydrogens (tertiary/aromatic N) is 3. The molecule has 112 valence electrons. The summed E-state index contributed by atoms with van der Waals surface area (Å²) in [5.41, 5.74) is 7.62. The zero-order valence-corrected chi connectivity index (χ0v) is 12.8. The van der Waals surface area contributed by atoms with Gasteiger partial charge < -0.3 is 15.4 Å². The van der Waals surface area contributed by atoms with E-state index in [1.807, 2.05) is 25.5 Å². The molecule has 1 aromatic rings. The number of nitrogen functional groups attached to an aromatic ring is 1. The maximum Gasteiger partial charge on any atom is 0.410 e. The largest absolute Gasteiger partial charge is 0.444 e. The molecule has 0 saturated heterocycles. The highest BCUT2D eigenvalue weighted by Gasteiger charge is 2.29. The first kappa shape index (κ1) is 14.7. The maximum atomic E-state index is 12.1. The fraction of sp³-hybridized carbons (Fsp3) is 0.714. The number of amides is 1. The molecule has 0 aliphatic carbocycles. The van der Waals surface area contributed by atoms with Crippen LogP contribution in [0, 0.1) is 0 Å². The van der Waals surface area contributed by atoms with E-state index in [1.54, 1.807) is 4.90 Å². The monoisotopic (exact) mass is 280 g/mol. The number of hydrogen-bond acceptors (Lipinski definition) is 4. The van der Waals surface area contributed by atoms with Gasteiger partial charge in [0.1, 0.15) is 11.4 Å². The third-order valence-corrected chi connectivity index (χ3v) is 3.23. The molecule has 2 N–H and O–H groups in total. The molecule has 0 atom stereocenters. The summed E-state index contributed by atoms with van der Waals surface area (Å²) in [5, 5.41) is 4.52. The van der Waals surface area contributed by atoms with Crippen LogP contribution in [0.4, 0.5) is 10.6 Å². The molecule has 0 spiro atoms. The van der Waals surface area contributed by atoms with Crippen LogP contribution < -0.4 is 5.73 Å². The van der Waals surface area contributed by atoms with Gasteiger partial charge in [0.05, 0.1) is 12.2 Å². The van der Waals surface area contributed by atoms with Crippen molar-refractivity contribution in [3.05, 3.63) is 11.3 Å². The van der Waals surface area contributed by atoms with Gasteiger partial charge in [-0.2, -0.15) is 5.10 Å². The van der Waals surface area contributed by atoms with E-state index in [0.717, 1.165) is 30.6 Å². The number of ether oxygens (including phenoxy) is 1. The highest BCUT2D eigenvalue weighted by Crippen LogP contribution is 2.25. The lowest BCUT2D eigenvalue weighted by atomic mass is 10.1. The van der Waals surface area contributed by atoms with Crippen molar-refractivity contribution in [1.82, 2.24) is 14.7 Å². The van der Waals surface area contributed by atoms with E-state index in [4.69, 9.17) is 10.5 Å². The van der Waals surface area contributed by atoms with Crippen LogP contribution in [0.3, 0.4) is 0 Å². The third kappa shape index (κ3) is 3.05. The lowest BCUT2D eigenvalue weighted by molar-refractivity contribution is 0.0224. The van der Waals surface area contributed by atoms with Crippen LogP contribution in [0.5, 0.6) is 0 Å². The Morgan fingerprint density at radius 1 is 1.45 bits per heavy atom. The zero-order chi connectivity index (χ0) is 14.9. The van der Waals surface area contributed by atoms with E-state index in [-0.39, 0.29) is 6.09 Å². The van der Waals surface area contributed by atoms with E-state index in [2.05, 4.69) is 12.0 Å². The predicted octanol–water partition coefficient (Wildman–Crippen LogP) is 2.17. The summed E-state index contributed by atoms with van der Waals surface area (Å²) in [5.74, 6) is 0.676. The summed E-state index contributed by atoms with van der Waals surface area (Å²) < 4.78 is 7.24. The number of nitrogens with two attached hydrogens (primary N) is 1. The number of hydrogen-bond donors (Lipinski definition) is 1. The first-order valence-corrected chi connectivity index (χ1v) is 7.13. The molecular weight excluding hydrogens is 256 g/mol. The Bertz CT molecular complexity index is 502. The smallest absolute Gasteiger partial charge is 0.410 e. The van der Waals surface area contributed by atoms with Crippen LogP contribution in [0.1, 0.15) is 45.4 Å². The first-order valence-electron chi connectivity index (χ1n) is 7.13. The maximum absolute atomic E-state index is 12.1. The van der Waals surface area contributed by atoms with Crippen LogP contribution in [0.25, 0.3) is 0 Å². The summed E-state index contributed by atoms with van der Waals surface area (Å²) in [6, 6.07) is 0. The fourth-order valence-corrected chi connectivity index (χ4v) is 2.31. The number of carbonyl (C=O) groups is 1. The van der Waals surface area contributed by atoms with E-state index in [0.29, 0.717) is 18.9 Å². The molecule has 0 aromatic carbocycles. The normalized spacial score (nSPS) is 15.1. The molecule has 0 saturated carbocycles. The van der Waals surface area contributed by atoms with Gasteiger partial charge >= 0.3 is 6.09 Å². The Kier molecular flexibility index (Phi) is 3.92.